The SMILES string of the molecule is COC(=O)C1(C)CC(c2ccc(OC)c(C(=O)N3CCC(Cc4ccc(F)cc4)CC3)c2)=NO1. The van der Waals surface area contributed by atoms with Crippen LogP contribution in [0.15, 0.2) is 47.6 Å². The molecule has 8 heteroatoms. The van der Waals surface area contributed by atoms with Crippen molar-refractivity contribution in [3.63, 3.8) is 0 Å². The molecule has 180 valence electrons. The van der Waals surface area contributed by atoms with Crippen LogP contribution < -0.4 is 4.74 Å². The van der Waals surface area contributed by atoms with E-state index in [0.717, 1.165) is 24.8 Å². The van der Waals surface area contributed by atoms with Gasteiger partial charge in [-0.3, -0.25) is 4.79 Å². The van der Waals surface area contributed by atoms with Crippen LogP contribution in [-0.4, -0.2) is 55.4 Å². The standard InChI is InChI=1S/C26H29FN2O5/c1-26(25(31)33-3)16-22(28-34-26)19-6-9-23(32-2)21(15-19)24(30)29-12-10-18(11-13-29)14-17-4-7-20(27)8-5-17/h4-9,15,18H,10-14,16H2,1-3H3. The van der Waals surface area contributed by atoms with E-state index in [4.69, 9.17) is 14.3 Å². The van der Waals surface area contributed by atoms with Gasteiger partial charge in [0.1, 0.15) is 11.6 Å². The third kappa shape index (κ3) is 4.90. The smallest absolute Gasteiger partial charge is 0.353 e. The highest BCUT2D eigenvalue weighted by Gasteiger charge is 2.43. The lowest BCUT2D eigenvalue weighted by Gasteiger charge is -2.32. The van der Waals surface area contributed by atoms with E-state index in [0.29, 0.717) is 41.6 Å². The molecule has 4 rings (SSSR count). The first-order valence-electron chi connectivity index (χ1n) is 11.4. The van der Waals surface area contributed by atoms with E-state index in [2.05, 4.69) is 5.16 Å². The summed E-state index contributed by atoms with van der Waals surface area (Å²) in [6.45, 7) is 2.91. The molecule has 1 unspecified atom stereocenters. The van der Waals surface area contributed by atoms with Gasteiger partial charge in [0.2, 0.25) is 5.60 Å². The largest absolute Gasteiger partial charge is 0.496 e. The molecule has 7 nitrogen and oxygen atoms in total. The number of esters is 1. The Morgan fingerprint density at radius 2 is 1.85 bits per heavy atom. The highest BCUT2D eigenvalue weighted by atomic mass is 19.1. The average molecular weight is 469 g/mol. The maximum Gasteiger partial charge on any atom is 0.353 e. The molecule has 2 aliphatic rings. The maximum atomic E-state index is 13.4. The number of carbonyl (C=O) groups excluding carboxylic acids is 2. The van der Waals surface area contributed by atoms with E-state index in [1.54, 1.807) is 25.1 Å². The molecule has 2 heterocycles. The number of hydrogen-bond acceptors (Lipinski definition) is 6. The summed E-state index contributed by atoms with van der Waals surface area (Å²) in [5.41, 5.74) is 1.65. The van der Waals surface area contributed by atoms with Crippen molar-refractivity contribution in [3.05, 3.63) is 65.0 Å². The number of rotatable bonds is 6. The first-order valence-corrected chi connectivity index (χ1v) is 11.4. The Bertz CT molecular complexity index is 1090. The molecule has 0 N–H and O–H groups in total. The molecule has 1 amide bonds. The minimum absolute atomic E-state index is 0.103. The van der Waals surface area contributed by atoms with Gasteiger partial charge in [0.25, 0.3) is 5.91 Å². The number of oxime groups is 1. The molecule has 2 aromatic rings. The summed E-state index contributed by atoms with van der Waals surface area (Å²) in [5, 5.41) is 4.08. The zero-order valence-corrected chi connectivity index (χ0v) is 19.7. The number of ether oxygens (including phenoxy) is 2. The molecular weight excluding hydrogens is 439 g/mol. The molecule has 2 aliphatic heterocycles. The molecule has 0 spiro atoms. The van der Waals surface area contributed by atoms with Crippen LogP contribution in [0, 0.1) is 11.7 Å². The number of amides is 1. The fourth-order valence-electron chi connectivity index (χ4n) is 4.54. The average Bonchev–Trinajstić information content (AvgIpc) is 3.28. The highest BCUT2D eigenvalue weighted by molar-refractivity contribution is 6.07. The van der Waals surface area contributed by atoms with Crippen molar-refractivity contribution in [3.8, 4) is 5.75 Å². The van der Waals surface area contributed by atoms with Gasteiger partial charge in [0, 0.05) is 25.1 Å². The van der Waals surface area contributed by atoms with E-state index in [1.807, 2.05) is 17.0 Å². The molecule has 1 saturated heterocycles. The molecule has 0 bridgehead atoms. The van der Waals surface area contributed by atoms with Crippen LogP contribution in [0.4, 0.5) is 4.39 Å². The van der Waals surface area contributed by atoms with Gasteiger partial charge in [-0.1, -0.05) is 17.3 Å². The summed E-state index contributed by atoms with van der Waals surface area (Å²) < 4.78 is 23.4. The number of hydrogen-bond donors (Lipinski definition) is 0. The topological polar surface area (TPSA) is 77.4 Å². The fraction of sp³-hybridized carbons (Fsp3) is 0.423. The lowest BCUT2D eigenvalue weighted by atomic mass is 9.89. The summed E-state index contributed by atoms with van der Waals surface area (Å²) in [4.78, 5) is 32.6. The lowest BCUT2D eigenvalue weighted by molar-refractivity contribution is -0.164. The number of halogens is 1. The van der Waals surface area contributed by atoms with E-state index in [-0.39, 0.29) is 18.1 Å². The van der Waals surface area contributed by atoms with Crippen molar-refractivity contribution in [2.45, 2.75) is 38.2 Å². The van der Waals surface area contributed by atoms with Crippen LogP contribution in [0.2, 0.25) is 0 Å². The van der Waals surface area contributed by atoms with E-state index in [1.165, 1.54) is 26.4 Å². The molecule has 1 fully saturated rings. The van der Waals surface area contributed by atoms with Crippen LogP contribution in [0.5, 0.6) is 5.75 Å². The molecule has 0 radical (unpaired) electrons. The predicted octanol–water partition coefficient (Wildman–Crippen LogP) is 3.99. The second-order valence-corrected chi connectivity index (χ2v) is 9.01. The van der Waals surface area contributed by atoms with Gasteiger partial charge in [-0.25, -0.2) is 9.18 Å². The van der Waals surface area contributed by atoms with Gasteiger partial charge in [-0.2, -0.15) is 0 Å². The number of methoxy groups -OCH3 is 2. The monoisotopic (exact) mass is 468 g/mol. The Balaban J connectivity index is 1.44. The third-order valence-corrected chi connectivity index (χ3v) is 6.58. The predicted molar refractivity (Wildman–Crippen MR) is 124 cm³/mol. The summed E-state index contributed by atoms with van der Waals surface area (Å²) in [7, 11) is 2.84. The lowest BCUT2D eigenvalue weighted by Crippen LogP contribution is -2.39. The van der Waals surface area contributed by atoms with Gasteiger partial charge in [0.15, 0.2) is 0 Å². The molecular formula is C26H29FN2O5. The Hall–Kier alpha value is -3.42. The van der Waals surface area contributed by atoms with Crippen LogP contribution >= 0.6 is 0 Å². The first kappa shape index (κ1) is 23.7. The van der Waals surface area contributed by atoms with Crippen molar-refractivity contribution in [1.29, 1.82) is 0 Å². The molecule has 0 saturated carbocycles. The van der Waals surface area contributed by atoms with E-state index >= 15 is 0 Å². The van der Waals surface area contributed by atoms with Crippen molar-refractivity contribution in [2.75, 3.05) is 27.3 Å². The Labute approximate surface area is 198 Å². The van der Waals surface area contributed by atoms with Crippen LogP contribution in [0.25, 0.3) is 0 Å². The molecule has 1 atom stereocenters. The Morgan fingerprint density at radius 1 is 1.15 bits per heavy atom. The van der Waals surface area contributed by atoms with Crippen molar-refractivity contribution >= 4 is 17.6 Å². The summed E-state index contributed by atoms with van der Waals surface area (Å²) >= 11 is 0. The van der Waals surface area contributed by atoms with Gasteiger partial charge < -0.3 is 19.2 Å². The van der Waals surface area contributed by atoms with Gasteiger partial charge in [0.05, 0.1) is 25.5 Å². The Kier molecular flexibility index (Phi) is 6.86. The third-order valence-electron chi connectivity index (χ3n) is 6.58. The number of benzene rings is 2. The second kappa shape index (κ2) is 9.83. The minimum Gasteiger partial charge on any atom is -0.496 e. The normalized spacial score (nSPS) is 20.5. The molecule has 34 heavy (non-hydrogen) atoms. The summed E-state index contributed by atoms with van der Waals surface area (Å²) in [5.74, 6) is 0.0975. The minimum atomic E-state index is -1.18. The van der Waals surface area contributed by atoms with E-state index < -0.39 is 11.6 Å². The number of piperidine rings is 1. The number of carbonyl (C=O) groups is 2. The first-order chi connectivity index (χ1) is 16.3. The van der Waals surface area contributed by atoms with Crippen LogP contribution in [0.3, 0.4) is 0 Å². The molecule has 0 aromatic heterocycles. The van der Waals surface area contributed by atoms with E-state index in [9.17, 15) is 14.0 Å². The molecule has 0 aliphatic carbocycles. The fourth-order valence-corrected chi connectivity index (χ4v) is 4.54. The van der Waals surface area contributed by atoms with Crippen molar-refractivity contribution < 1.29 is 28.3 Å². The number of likely N-dealkylation sites (tertiary alicyclic amines) is 1. The second-order valence-electron chi connectivity index (χ2n) is 9.01. The van der Waals surface area contributed by atoms with Crippen molar-refractivity contribution in [1.82, 2.24) is 4.90 Å². The zero-order valence-electron chi connectivity index (χ0n) is 19.7. The van der Waals surface area contributed by atoms with Gasteiger partial charge >= 0.3 is 5.97 Å². The summed E-state index contributed by atoms with van der Waals surface area (Å²) in [6, 6.07) is 11.9. The molecule has 2 aromatic carbocycles. The van der Waals surface area contributed by atoms with Gasteiger partial charge in [-0.05, 0) is 68.0 Å². The van der Waals surface area contributed by atoms with Crippen molar-refractivity contribution in [2.24, 2.45) is 11.1 Å². The highest BCUT2D eigenvalue weighted by Crippen LogP contribution is 2.31. The van der Waals surface area contributed by atoms with Gasteiger partial charge in [-0.15, -0.1) is 0 Å². The Morgan fingerprint density at radius 3 is 2.50 bits per heavy atom. The number of nitrogens with zero attached hydrogens (tertiary/aromatic N) is 2. The van der Waals surface area contributed by atoms with Crippen LogP contribution in [-0.2, 0) is 20.8 Å². The summed E-state index contributed by atoms with van der Waals surface area (Å²) in [6.07, 6.45) is 2.88. The maximum absolute atomic E-state index is 13.4. The zero-order chi connectivity index (χ0) is 24.3. The quantitative estimate of drug-likeness (QED) is 0.600. The van der Waals surface area contributed by atoms with Crippen LogP contribution in [0.1, 0.15) is 47.7 Å².